The largest absolute Gasteiger partial charge is 0.748 e. The van der Waals surface area contributed by atoms with E-state index >= 15 is 0 Å². The summed E-state index contributed by atoms with van der Waals surface area (Å²) in [5.41, 5.74) is 6.97. The molecule has 0 fully saturated rings. The van der Waals surface area contributed by atoms with Crippen molar-refractivity contribution in [1.29, 1.82) is 0 Å². The molecule has 2 N–H and O–H groups in total. The van der Waals surface area contributed by atoms with Gasteiger partial charge in [-0.15, -0.1) is 9.36 Å². The first-order valence-electron chi connectivity index (χ1n) is 18.2. The fourth-order valence-electron chi connectivity index (χ4n) is 5.31. The minimum Gasteiger partial charge on any atom is -0.748 e. The molecule has 4 aromatic carbocycles. The highest BCUT2D eigenvalue weighted by atomic mass is 32.2. The summed E-state index contributed by atoms with van der Waals surface area (Å²) in [7, 11) is -0.782. The Morgan fingerprint density at radius 3 is 1.27 bits per heavy atom. The molecule has 6 aromatic rings. The van der Waals surface area contributed by atoms with Crippen LogP contribution in [0.3, 0.4) is 0 Å². The van der Waals surface area contributed by atoms with E-state index in [2.05, 4.69) is 53.4 Å². The zero-order chi connectivity index (χ0) is 43.0. The number of nitrogens with one attached hydrogen (secondary N) is 2. The lowest BCUT2D eigenvalue weighted by Crippen LogP contribution is -2.25. The van der Waals surface area contributed by atoms with E-state index in [1.807, 2.05) is 75.4 Å². The van der Waals surface area contributed by atoms with Gasteiger partial charge < -0.3 is 19.7 Å². The van der Waals surface area contributed by atoms with Gasteiger partial charge >= 0.3 is 11.9 Å². The van der Waals surface area contributed by atoms with Crippen molar-refractivity contribution in [2.24, 2.45) is 48.6 Å². The molecule has 0 spiro atoms. The van der Waals surface area contributed by atoms with Crippen LogP contribution in [0.5, 0.6) is 0 Å². The average molecular weight is 845 g/mol. The van der Waals surface area contributed by atoms with Gasteiger partial charge in [0.15, 0.2) is 0 Å². The van der Waals surface area contributed by atoms with Crippen molar-refractivity contribution in [1.82, 2.24) is 19.6 Å². The van der Waals surface area contributed by atoms with Crippen LogP contribution in [0, 0.1) is 13.8 Å². The Labute approximate surface area is 344 Å². The Balaban J connectivity index is 0.000000282. The maximum absolute atomic E-state index is 10.2. The molecular weight excluding hydrogens is 797 g/mol. The van der Waals surface area contributed by atoms with Crippen LogP contribution < -0.4 is 19.8 Å². The number of aromatic nitrogens is 6. The third kappa shape index (κ3) is 15.9. The molecule has 0 radical (unpaired) electrons. The first kappa shape index (κ1) is 45.5. The molecule has 312 valence electrons. The maximum atomic E-state index is 10.2. The summed E-state index contributed by atoms with van der Waals surface area (Å²) in [5.74, 6) is 0.520. The van der Waals surface area contributed by atoms with Crippen molar-refractivity contribution in [2.75, 3.05) is 23.7 Å². The highest BCUT2D eigenvalue weighted by Crippen LogP contribution is 2.25. The number of hydrogen-bond donors (Lipinski definition) is 2. The number of nitrogens with zero attached hydrogens (tertiary/aromatic N) is 10. The van der Waals surface area contributed by atoms with Gasteiger partial charge in [-0.3, -0.25) is 0 Å². The molecule has 0 atom stereocenters. The first-order valence-corrected chi connectivity index (χ1v) is 21.4. The van der Waals surface area contributed by atoms with Gasteiger partial charge in [-0.1, -0.05) is 70.9 Å². The fourth-order valence-corrected chi connectivity index (χ4v) is 6.51. The van der Waals surface area contributed by atoms with E-state index in [4.69, 9.17) is 0 Å². The Morgan fingerprint density at radius 1 is 0.593 bits per heavy atom. The van der Waals surface area contributed by atoms with Crippen molar-refractivity contribution in [3.8, 4) is 0 Å². The zero-order valence-corrected chi connectivity index (χ0v) is 35.3. The van der Waals surface area contributed by atoms with Crippen LogP contribution in [0.25, 0.3) is 0 Å². The lowest BCUT2D eigenvalue weighted by molar-refractivity contribution is -0.659. The van der Waals surface area contributed by atoms with E-state index in [9.17, 15) is 25.9 Å². The van der Waals surface area contributed by atoms with Gasteiger partial charge in [0.2, 0.25) is 12.7 Å². The Hall–Kier alpha value is -6.22. The van der Waals surface area contributed by atoms with E-state index in [1.54, 1.807) is 82.7 Å². The molecule has 0 unspecified atom stereocenters. The van der Waals surface area contributed by atoms with Crippen LogP contribution in [-0.2, 0) is 59.9 Å². The molecule has 2 aromatic heterocycles. The summed E-state index contributed by atoms with van der Waals surface area (Å²) >= 11 is 0. The van der Waals surface area contributed by atoms with Crippen molar-refractivity contribution in [2.45, 2.75) is 31.8 Å². The van der Waals surface area contributed by atoms with Crippen molar-refractivity contribution in [3.05, 3.63) is 132 Å². The molecule has 18 nitrogen and oxygen atoms in total. The van der Waals surface area contributed by atoms with Gasteiger partial charge in [0.1, 0.15) is 11.4 Å². The fraction of sp³-hybridized carbons (Fsp3) is 0.282. The lowest BCUT2D eigenvalue weighted by atomic mass is 10.2. The second kappa shape index (κ2) is 21.5. The molecule has 59 heavy (non-hydrogen) atoms. The highest BCUT2D eigenvalue weighted by Gasteiger charge is 2.13. The average Bonchev–Trinajstić information content (AvgIpc) is 3.67. The molecule has 0 aliphatic rings. The molecule has 6 rings (SSSR count). The Kier molecular flexibility index (Phi) is 16.6. The Morgan fingerprint density at radius 2 is 0.966 bits per heavy atom. The third-order valence-corrected chi connectivity index (χ3v) is 9.65. The monoisotopic (exact) mass is 844 g/mol. The molecule has 0 saturated heterocycles. The van der Waals surface area contributed by atoms with Gasteiger partial charge in [-0.05, 0) is 89.1 Å². The molecule has 20 heteroatoms. The third-order valence-electron chi connectivity index (χ3n) is 8.28. The van der Waals surface area contributed by atoms with Gasteiger partial charge in [-0.25, -0.2) is 26.0 Å². The van der Waals surface area contributed by atoms with Crippen LogP contribution in [0.2, 0.25) is 0 Å². The number of azo groups is 2. The van der Waals surface area contributed by atoms with E-state index < -0.39 is 31.7 Å². The van der Waals surface area contributed by atoms with E-state index in [0.717, 1.165) is 53.4 Å². The molecule has 0 bridgehead atoms. The summed E-state index contributed by atoms with van der Waals surface area (Å²) in [4.78, 5) is 0. The van der Waals surface area contributed by atoms with Crippen LogP contribution >= 0.6 is 0 Å². The summed E-state index contributed by atoms with van der Waals surface area (Å²) in [6.45, 7) is 5.77. The summed E-state index contributed by atoms with van der Waals surface area (Å²) in [5, 5.41) is 32.7. The van der Waals surface area contributed by atoms with Crippen molar-refractivity contribution in [3.63, 3.8) is 0 Å². The molecule has 0 aliphatic heterocycles. The van der Waals surface area contributed by atoms with Crippen molar-refractivity contribution >= 4 is 54.9 Å². The van der Waals surface area contributed by atoms with Crippen LogP contribution in [-0.4, -0.2) is 58.6 Å². The summed E-state index contributed by atoms with van der Waals surface area (Å²) in [6, 6.07) is 28.9. The minimum atomic E-state index is -4.13. The van der Waals surface area contributed by atoms with Crippen LogP contribution in [0.4, 0.5) is 34.6 Å². The van der Waals surface area contributed by atoms with E-state index in [-0.39, 0.29) is 0 Å². The minimum absolute atomic E-state index is 0.423. The number of aryl methyl sites for hydroxylation is 6. The van der Waals surface area contributed by atoms with Gasteiger partial charge in [-0.2, -0.15) is 0 Å². The zero-order valence-electron chi connectivity index (χ0n) is 33.7. The van der Waals surface area contributed by atoms with Crippen LogP contribution in [0.1, 0.15) is 28.7 Å². The smallest absolute Gasteiger partial charge is 0.403 e. The van der Waals surface area contributed by atoms with E-state index in [1.165, 1.54) is 0 Å². The number of benzene rings is 4. The van der Waals surface area contributed by atoms with Gasteiger partial charge in [0.05, 0.1) is 59.9 Å². The van der Waals surface area contributed by atoms with E-state index in [0.29, 0.717) is 23.0 Å². The number of hydrogen-bond acceptors (Lipinski definition) is 14. The normalized spacial score (nSPS) is 11.5. The molecule has 0 amide bonds. The maximum Gasteiger partial charge on any atom is 0.403 e. The number of rotatable bonds is 14. The molecular formula is C39H48N12O6S2. The summed E-state index contributed by atoms with van der Waals surface area (Å²) < 4.78 is 68.5. The highest BCUT2D eigenvalue weighted by molar-refractivity contribution is 7.85. The topological polar surface area (TPSA) is 231 Å². The van der Waals surface area contributed by atoms with Gasteiger partial charge in [0.25, 0.3) is 0 Å². The molecule has 0 saturated carbocycles. The second-order valence-corrected chi connectivity index (χ2v) is 16.1. The standard InChI is InChI=1S/C25H32N12.2C7H8O3S/c1-18-14-20(8-10-22(18)30-32-24-34(3)16-28-36(24)5)26-12-7-13-27-21-9-11-23(19(2)15-21)31-33-25-35(4)17-29-37(25)6;2*8-11(9,10)6-7-4-2-1-3-5-7/h8-11,14-17H,7,12-13H2,1-6H3;2*1-5H,6H2,(H,8,9,10). The number of anilines is 2. The Bertz CT molecular complexity index is 2350. The molecule has 2 heterocycles. The van der Waals surface area contributed by atoms with Crippen molar-refractivity contribution < 1.29 is 35.1 Å². The SMILES string of the molecule is Cc1cc(NCCCNc2ccc(N=Nc3n(C)nc[n+]3C)c(C)c2)ccc1N=Nc1n(C)nc[n+]1C.O=S(=O)([O-])Cc1ccccc1.O=S(=O)([O-])Cc1ccccc1. The molecule has 0 aliphatic carbocycles. The predicted molar refractivity (Wildman–Crippen MR) is 221 cm³/mol. The lowest BCUT2D eigenvalue weighted by Gasteiger charge is -2.10. The first-order chi connectivity index (χ1) is 28.0. The quantitative estimate of drug-likeness (QED) is 0.0594. The van der Waals surface area contributed by atoms with Crippen LogP contribution in [0.15, 0.2) is 130 Å². The summed E-state index contributed by atoms with van der Waals surface area (Å²) in [6.07, 6.45) is 4.38. The predicted octanol–water partition coefficient (Wildman–Crippen LogP) is 5.63. The second-order valence-electron chi connectivity index (χ2n) is 13.3. The van der Waals surface area contributed by atoms with Gasteiger partial charge in [0, 0.05) is 34.7 Å².